The molecule has 3 rings (SSSR count). The molecule has 1 aliphatic carbocycles. The maximum atomic E-state index is 13.6. The van der Waals surface area contributed by atoms with E-state index in [1.54, 1.807) is 12.1 Å². The third-order valence-corrected chi connectivity index (χ3v) is 4.62. The summed E-state index contributed by atoms with van der Waals surface area (Å²) in [6.07, 6.45) is 5.64. The van der Waals surface area contributed by atoms with Gasteiger partial charge in [0.15, 0.2) is 0 Å². The van der Waals surface area contributed by atoms with Crippen LogP contribution in [0.2, 0.25) is 5.02 Å². The van der Waals surface area contributed by atoms with Gasteiger partial charge in [-0.05, 0) is 49.8 Å². The number of halogens is 2. The van der Waals surface area contributed by atoms with E-state index >= 15 is 0 Å². The number of rotatable bonds is 5. The normalized spacial score (nSPS) is 26.7. The fourth-order valence-corrected chi connectivity index (χ4v) is 3.10. The molecule has 1 heterocycles. The van der Waals surface area contributed by atoms with Crippen LogP contribution in [0.1, 0.15) is 31.2 Å². The Kier molecular flexibility index (Phi) is 4.29. The molecule has 1 aliphatic heterocycles. The van der Waals surface area contributed by atoms with Crippen LogP contribution in [0.15, 0.2) is 18.2 Å². The quantitative estimate of drug-likeness (QED) is 0.897. The Bertz CT molecular complexity index is 470. The van der Waals surface area contributed by atoms with Gasteiger partial charge in [-0.1, -0.05) is 17.7 Å². The summed E-state index contributed by atoms with van der Waals surface area (Å²) in [4.78, 5) is 0. The Labute approximate surface area is 124 Å². The van der Waals surface area contributed by atoms with Crippen molar-refractivity contribution in [2.24, 2.45) is 5.41 Å². The third kappa shape index (κ3) is 3.51. The molecule has 1 saturated heterocycles. The summed E-state index contributed by atoms with van der Waals surface area (Å²) in [6.45, 7) is 2.57. The largest absolute Gasteiger partial charge is 0.381 e. The molecule has 1 saturated carbocycles. The Morgan fingerprint density at radius 1 is 1.40 bits per heavy atom. The van der Waals surface area contributed by atoms with Gasteiger partial charge in [0.05, 0.1) is 11.6 Å². The molecular formula is C16H21ClFNO. The second-order valence-corrected chi connectivity index (χ2v) is 6.64. The topological polar surface area (TPSA) is 21.3 Å². The molecular weight excluding hydrogens is 277 g/mol. The first-order chi connectivity index (χ1) is 9.67. The van der Waals surface area contributed by atoms with Gasteiger partial charge in [-0.3, -0.25) is 0 Å². The lowest BCUT2D eigenvalue weighted by Gasteiger charge is -2.37. The molecule has 0 radical (unpaired) electrons. The zero-order valence-electron chi connectivity index (χ0n) is 11.6. The zero-order valence-corrected chi connectivity index (χ0v) is 12.4. The van der Waals surface area contributed by atoms with Gasteiger partial charge in [0, 0.05) is 24.6 Å². The van der Waals surface area contributed by atoms with Gasteiger partial charge in [0.2, 0.25) is 0 Å². The summed E-state index contributed by atoms with van der Waals surface area (Å²) >= 11 is 5.76. The summed E-state index contributed by atoms with van der Waals surface area (Å²) in [5, 5.41) is 3.81. The average Bonchev–Trinajstić information content (AvgIpc) is 3.26. The summed E-state index contributed by atoms with van der Waals surface area (Å²) in [5.41, 5.74) is 1.11. The number of hydrogen-bond acceptors (Lipinski definition) is 2. The highest BCUT2D eigenvalue weighted by Gasteiger charge is 2.35. The zero-order chi connectivity index (χ0) is 14.0. The van der Waals surface area contributed by atoms with Gasteiger partial charge in [-0.25, -0.2) is 4.39 Å². The first kappa shape index (κ1) is 14.3. The van der Waals surface area contributed by atoms with Crippen molar-refractivity contribution in [1.82, 2.24) is 5.32 Å². The molecule has 1 aromatic carbocycles. The second kappa shape index (κ2) is 6.00. The summed E-state index contributed by atoms with van der Waals surface area (Å²) in [6, 6.07) is 5.84. The van der Waals surface area contributed by atoms with E-state index in [1.165, 1.54) is 12.8 Å². The van der Waals surface area contributed by atoms with E-state index < -0.39 is 0 Å². The smallest absolute Gasteiger partial charge is 0.142 e. The Morgan fingerprint density at radius 3 is 2.90 bits per heavy atom. The van der Waals surface area contributed by atoms with Crippen molar-refractivity contribution in [2.75, 3.05) is 19.8 Å². The lowest BCUT2D eigenvalue weighted by atomic mass is 9.77. The number of benzene rings is 1. The Balaban J connectivity index is 1.71. The van der Waals surface area contributed by atoms with Crippen LogP contribution in [0.3, 0.4) is 0 Å². The first-order valence-corrected chi connectivity index (χ1v) is 7.80. The third-order valence-electron chi connectivity index (χ3n) is 4.31. The van der Waals surface area contributed by atoms with Gasteiger partial charge in [0.25, 0.3) is 0 Å². The predicted molar refractivity (Wildman–Crippen MR) is 78.6 cm³/mol. The number of ether oxygens (including phenoxy) is 1. The van der Waals surface area contributed by atoms with Gasteiger partial charge < -0.3 is 10.1 Å². The van der Waals surface area contributed by atoms with Crippen LogP contribution >= 0.6 is 11.6 Å². The molecule has 0 spiro atoms. The second-order valence-electron chi connectivity index (χ2n) is 6.24. The van der Waals surface area contributed by atoms with E-state index in [2.05, 4.69) is 5.32 Å². The molecule has 0 amide bonds. The molecule has 2 nitrogen and oxygen atoms in total. The maximum absolute atomic E-state index is 13.6. The molecule has 1 aromatic rings. The minimum Gasteiger partial charge on any atom is -0.381 e. The van der Waals surface area contributed by atoms with E-state index in [4.69, 9.17) is 16.3 Å². The fourth-order valence-electron chi connectivity index (χ4n) is 2.98. The SMILES string of the molecule is Fc1cc(CC2(CNC3CC3)CCCOC2)ccc1Cl. The molecule has 1 N–H and O–H groups in total. The fraction of sp³-hybridized carbons (Fsp3) is 0.625. The van der Waals surface area contributed by atoms with Crippen LogP contribution in [0, 0.1) is 11.2 Å². The van der Waals surface area contributed by atoms with Crippen LogP contribution in [0.25, 0.3) is 0 Å². The van der Waals surface area contributed by atoms with E-state index in [0.717, 1.165) is 44.6 Å². The minimum atomic E-state index is -0.328. The van der Waals surface area contributed by atoms with Gasteiger partial charge >= 0.3 is 0 Å². The van der Waals surface area contributed by atoms with Gasteiger partial charge in [0.1, 0.15) is 5.82 Å². The minimum absolute atomic E-state index is 0.0983. The first-order valence-electron chi connectivity index (χ1n) is 7.42. The highest BCUT2D eigenvalue weighted by molar-refractivity contribution is 6.30. The molecule has 0 aromatic heterocycles. The van der Waals surface area contributed by atoms with E-state index in [9.17, 15) is 4.39 Å². The average molecular weight is 298 g/mol. The summed E-state index contributed by atoms with van der Waals surface area (Å²) in [5.74, 6) is -0.328. The monoisotopic (exact) mass is 297 g/mol. The van der Waals surface area contributed by atoms with Crippen LogP contribution < -0.4 is 5.32 Å². The Hall–Kier alpha value is -0.640. The van der Waals surface area contributed by atoms with E-state index in [1.807, 2.05) is 6.07 Å². The molecule has 1 unspecified atom stereocenters. The van der Waals surface area contributed by atoms with Crippen molar-refractivity contribution >= 4 is 11.6 Å². The highest BCUT2D eigenvalue weighted by Crippen LogP contribution is 2.34. The predicted octanol–water partition coefficient (Wildman–Crippen LogP) is 3.57. The van der Waals surface area contributed by atoms with Crippen molar-refractivity contribution in [2.45, 2.75) is 38.1 Å². The van der Waals surface area contributed by atoms with Gasteiger partial charge in [-0.15, -0.1) is 0 Å². The van der Waals surface area contributed by atoms with Gasteiger partial charge in [-0.2, -0.15) is 0 Å². The molecule has 0 bridgehead atoms. The van der Waals surface area contributed by atoms with Crippen LogP contribution in [-0.4, -0.2) is 25.8 Å². The summed E-state index contributed by atoms with van der Waals surface area (Å²) < 4.78 is 19.3. The lowest BCUT2D eigenvalue weighted by Crippen LogP contribution is -2.43. The molecule has 2 aliphatic rings. The standard InChI is InChI=1S/C16H21ClFNO/c17-14-5-2-12(8-15(14)18)9-16(6-1-7-20-11-16)10-19-13-3-4-13/h2,5,8,13,19H,1,3-4,6-7,9-11H2. The van der Waals surface area contributed by atoms with Crippen molar-refractivity contribution in [3.05, 3.63) is 34.6 Å². The molecule has 110 valence electrons. The van der Waals surface area contributed by atoms with E-state index in [0.29, 0.717) is 6.04 Å². The highest BCUT2D eigenvalue weighted by atomic mass is 35.5. The number of hydrogen-bond donors (Lipinski definition) is 1. The molecule has 4 heteroatoms. The lowest BCUT2D eigenvalue weighted by molar-refractivity contribution is -0.00737. The van der Waals surface area contributed by atoms with Crippen LogP contribution in [-0.2, 0) is 11.2 Å². The van der Waals surface area contributed by atoms with E-state index in [-0.39, 0.29) is 16.3 Å². The van der Waals surface area contributed by atoms with Crippen molar-refractivity contribution < 1.29 is 9.13 Å². The molecule has 20 heavy (non-hydrogen) atoms. The Morgan fingerprint density at radius 2 is 2.25 bits per heavy atom. The molecule has 1 atom stereocenters. The van der Waals surface area contributed by atoms with Crippen molar-refractivity contribution in [1.29, 1.82) is 0 Å². The maximum Gasteiger partial charge on any atom is 0.142 e. The number of nitrogens with one attached hydrogen (secondary N) is 1. The van der Waals surface area contributed by atoms with Crippen molar-refractivity contribution in [3.63, 3.8) is 0 Å². The van der Waals surface area contributed by atoms with Crippen molar-refractivity contribution in [3.8, 4) is 0 Å². The summed E-state index contributed by atoms with van der Waals surface area (Å²) in [7, 11) is 0. The van der Waals surface area contributed by atoms with Crippen LogP contribution in [0.4, 0.5) is 4.39 Å². The molecule has 2 fully saturated rings. The van der Waals surface area contributed by atoms with Crippen LogP contribution in [0.5, 0.6) is 0 Å².